The van der Waals surface area contributed by atoms with Gasteiger partial charge in [0.1, 0.15) is 0 Å². The van der Waals surface area contributed by atoms with Crippen LogP contribution in [-0.4, -0.2) is 35.0 Å². The van der Waals surface area contributed by atoms with Crippen LogP contribution in [-0.2, 0) is 21.4 Å². The van der Waals surface area contributed by atoms with Gasteiger partial charge < -0.3 is 10.0 Å². The Kier molecular flexibility index (Phi) is 4.04. The van der Waals surface area contributed by atoms with Crippen molar-refractivity contribution in [2.24, 2.45) is 11.8 Å². The van der Waals surface area contributed by atoms with E-state index >= 15 is 0 Å². The maximum atomic E-state index is 13.4. The van der Waals surface area contributed by atoms with Crippen molar-refractivity contribution in [1.29, 1.82) is 0 Å². The first kappa shape index (κ1) is 17.5. The van der Waals surface area contributed by atoms with Gasteiger partial charge in [0.05, 0.1) is 5.92 Å². The Morgan fingerprint density at radius 3 is 2.54 bits per heavy atom. The van der Waals surface area contributed by atoms with Gasteiger partial charge in [-0.1, -0.05) is 54.6 Å². The zero-order valence-electron chi connectivity index (χ0n) is 15.9. The summed E-state index contributed by atoms with van der Waals surface area (Å²) in [5.74, 6) is -1.30. The fourth-order valence-corrected chi connectivity index (χ4v) is 5.65. The Bertz CT molecular complexity index is 924. The average Bonchev–Trinajstić information content (AvgIpc) is 3.24. The molecule has 1 saturated heterocycles. The molecule has 1 N–H and O–H groups in total. The van der Waals surface area contributed by atoms with Crippen molar-refractivity contribution < 1.29 is 14.7 Å². The smallest absolute Gasteiger partial charge is 0.308 e. The van der Waals surface area contributed by atoms with Crippen LogP contribution in [0.25, 0.3) is 0 Å². The van der Waals surface area contributed by atoms with Gasteiger partial charge >= 0.3 is 5.97 Å². The fourth-order valence-electron chi connectivity index (χ4n) is 5.65. The molecule has 28 heavy (non-hydrogen) atoms. The molecular weight excluding hydrogens is 350 g/mol. The summed E-state index contributed by atoms with van der Waals surface area (Å²) in [6.45, 7) is 0.829. The van der Waals surface area contributed by atoms with Crippen molar-refractivity contribution in [3.63, 3.8) is 0 Å². The van der Waals surface area contributed by atoms with Gasteiger partial charge in [0.2, 0.25) is 5.91 Å². The maximum Gasteiger partial charge on any atom is 0.308 e. The molecule has 4 heteroatoms. The van der Waals surface area contributed by atoms with Crippen LogP contribution in [0.1, 0.15) is 41.9 Å². The third kappa shape index (κ3) is 2.66. The number of amides is 1. The largest absolute Gasteiger partial charge is 0.481 e. The molecular formula is C24H25NO3. The molecule has 1 amide bonds. The van der Waals surface area contributed by atoms with Gasteiger partial charge in [0.25, 0.3) is 0 Å². The first-order valence-corrected chi connectivity index (χ1v) is 10.2. The molecule has 2 aliphatic carbocycles. The summed E-state index contributed by atoms with van der Waals surface area (Å²) in [6, 6.07) is 18.3. The Morgan fingerprint density at radius 1 is 1.00 bits per heavy atom. The number of carboxylic acids is 1. The SMILES string of the molecule is O=C(O)C1CN(C(=O)C2CC23CCCc2ccccc23)CC1c1ccccc1. The quantitative estimate of drug-likeness (QED) is 0.892. The maximum absolute atomic E-state index is 13.4. The summed E-state index contributed by atoms with van der Waals surface area (Å²) in [5.41, 5.74) is 3.75. The Morgan fingerprint density at radius 2 is 1.75 bits per heavy atom. The molecule has 0 bridgehead atoms. The van der Waals surface area contributed by atoms with Crippen molar-refractivity contribution in [2.45, 2.75) is 37.0 Å². The van der Waals surface area contributed by atoms with E-state index < -0.39 is 11.9 Å². The van der Waals surface area contributed by atoms with Gasteiger partial charge in [0, 0.05) is 30.3 Å². The highest BCUT2D eigenvalue weighted by Gasteiger charge is 2.61. The summed E-state index contributed by atoms with van der Waals surface area (Å²) in [4.78, 5) is 27.1. The molecule has 2 aromatic carbocycles. The van der Waals surface area contributed by atoms with Gasteiger partial charge in [-0.05, 0) is 42.4 Å². The number of carbonyl (C=O) groups excluding carboxylic acids is 1. The number of benzene rings is 2. The Balaban J connectivity index is 1.38. The fraction of sp³-hybridized carbons (Fsp3) is 0.417. The van der Waals surface area contributed by atoms with E-state index in [-0.39, 0.29) is 23.2 Å². The molecule has 1 saturated carbocycles. The number of aryl methyl sites for hydroxylation is 1. The van der Waals surface area contributed by atoms with Crippen LogP contribution in [0, 0.1) is 11.8 Å². The van der Waals surface area contributed by atoms with Crippen LogP contribution in [0.4, 0.5) is 0 Å². The van der Waals surface area contributed by atoms with Crippen molar-refractivity contribution in [3.05, 3.63) is 71.3 Å². The highest BCUT2D eigenvalue weighted by atomic mass is 16.4. The summed E-state index contributed by atoms with van der Waals surface area (Å²) in [6.07, 6.45) is 4.21. The number of rotatable bonds is 3. The molecule has 3 aliphatic rings. The Labute approximate surface area is 165 Å². The molecule has 2 aromatic rings. The minimum atomic E-state index is -0.808. The zero-order valence-corrected chi connectivity index (χ0v) is 15.9. The monoisotopic (exact) mass is 375 g/mol. The lowest BCUT2D eigenvalue weighted by Crippen LogP contribution is -2.34. The predicted octanol–water partition coefficient (Wildman–Crippen LogP) is 3.61. The van der Waals surface area contributed by atoms with Crippen molar-refractivity contribution in [3.8, 4) is 0 Å². The van der Waals surface area contributed by atoms with Crippen molar-refractivity contribution in [1.82, 2.24) is 4.90 Å². The lowest BCUT2D eigenvalue weighted by molar-refractivity contribution is -0.142. The van der Waals surface area contributed by atoms with Crippen molar-refractivity contribution in [2.75, 3.05) is 13.1 Å². The van der Waals surface area contributed by atoms with Gasteiger partial charge in [0.15, 0.2) is 0 Å². The highest BCUT2D eigenvalue weighted by molar-refractivity contribution is 5.86. The molecule has 0 radical (unpaired) electrons. The summed E-state index contributed by atoms with van der Waals surface area (Å²) in [5, 5.41) is 9.73. The normalized spacial score (nSPS) is 30.9. The summed E-state index contributed by atoms with van der Waals surface area (Å²) >= 11 is 0. The molecule has 5 rings (SSSR count). The first-order chi connectivity index (χ1) is 13.6. The van der Waals surface area contributed by atoms with Crippen LogP contribution < -0.4 is 0 Å². The number of hydrogen-bond donors (Lipinski definition) is 1. The van der Waals surface area contributed by atoms with Crippen LogP contribution >= 0.6 is 0 Å². The number of carbonyl (C=O) groups is 2. The topological polar surface area (TPSA) is 57.6 Å². The van der Waals surface area contributed by atoms with E-state index in [0.717, 1.165) is 31.2 Å². The molecule has 1 aliphatic heterocycles. The zero-order chi connectivity index (χ0) is 19.3. The van der Waals surface area contributed by atoms with E-state index in [1.54, 1.807) is 0 Å². The number of carboxylic acid groups (broad SMARTS) is 1. The minimum Gasteiger partial charge on any atom is -0.481 e. The van der Waals surface area contributed by atoms with E-state index in [1.165, 1.54) is 11.1 Å². The molecule has 4 atom stereocenters. The number of aliphatic carboxylic acids is 1. The number of fused-ring (bicyclic) bond motifs is 2. The molecule has 1 spiro atoms. The van der Waals surface area contributed by atoms with Gasteiger partial charge in [-0.25, -0.2) is 0 Å². The highest BCUT2D eigenvalue weighted by Crippen LogP contribution is 2.61. The van der Waals surface area contributed by atoms with Gasteiger partial charge in [-0.15, -0.1) is 0 Å². The molecule has 1 heterocycles. The Hall–Kier alpha value is -2.62. The van der Waals surface area contributed by atoms with Gasteiger partial charge in [-0.3, -0.25) is 9.59 Å². The third-order valence-corrected chi connectivity index (χ3v) is 7.17. The van der Waals surface area contributed by atoms with E-state index in [1.807, 2.05) is 35.2 Å². The molecule has 144 valence electrons. The van der Waals surface area contributed by atoms with Crippen LogP contribution in [0.2, 0.25) is 0 Å². The van der Waals surface area contributed by atoms with E-state index in [0.29, 0.717) is 13.1 Å². The molecule has 2 fully saturated rings. The second-order valence-electron chi connectivity index (χ2n) is 8.63. The minimum absolute atomic E-state index is 0.00448. The second-order valence-corrected chi connectivity index (χ2v) is 8.63. The summed E-state index contributed by atoms with van der Waals surface area (Å²) < 4.78 is 0. The summed E-state index contributed by atoms with van der Waals surface area (Å²) in [7, 11) is 0. The number of likely N-dealkylation sites (tertiary alicyclic amines) is 1. The van der Waals surface area contributed by atoms with Crippen LogP contribution in [0.5, 0.6) is 0 Å². The van der Waals surface area contributed by atoms with Gasteiger partial charge in [-0.2, -0.15) is 0 Å². The van der Waals surface area contributed by atoms with Crippen LogP contribution in [0.3, 0.4) is 0 Å². The lowest BCUT2D eigenvalue weighted by Gasteiger charge is -2.27. The lowest BCUT2D eigenvalue weighted by atomic mass is 9.78. The standard InChI is InChI=1S/C24H25NO3/c26-22(21-13-24(21)12-6-10-17-9-4-5-11-20(17)24)25-14-18(19(15-25)23(27)28)16-7-2-1-3-8-16/h1-5,7-9,11,18-19,21H,6,10,12-15H2,(H,27,28). The number of nitrogens with zero attached hydrogens (tertiary/aromatic N) is 1. The van der Waals surface area contributed by atoms with E-state index in [2.05, 4.69) is 24.3 Å². The predicted molar refractivity (Wildman–Crippen MR) is 106 cm³/mol. The number of hydrogen-bond acceptors (Lipinski definition) is 2. The molecule has 0 aromatic heterocycles. The average molecular weight is 375 g/mol. The first-order valence-electron chi connectivity index (χ1n) is 10.2. The molecule has 4 unspecified atom stereocenters. The van der Waals surface area contributed by atoms with Crippen molar-refractivity contribution >= 4 is 11.9 Å². The van der Waals surface area contributed by atoms with E-state index in [4.69, 9.17) is 0 Å². The molecule has 4 nitrogen and oxygen atoms in total. The van der Waals surface area contributed by atoms with Crippen LogP contribution in [0.15, 0.2) is 54.6 Å². The second kappa shape index (κ2) is 6.47. The third-order valence-electron chi connectivity index (χ3n) is 7.17. The van der Waals surface area contributed by atoms with E-state index in [9.17, 15) is 14.7 Å².